The van der Waals surface area contributed by atoms with Crippen molar-refractivity contribution in [2.75, 3.05) is 13.6 Å². The standard InChI is InChI=1S/C23H34N6O.HI/c1-23(2)16-18(17-10-6-7-11-19(17)30-23)26-22(24-3)25-14-9-13-21-28-27-20-12-5-4-8-15-29(20)21;/h6-7,10-11,18H,4-5,8-9,12-16H2,1-3H3,(H2,24,25,26);1H. The summed E-state index contributed by atoms with van der Waals surface area (Å²) in [5, 5.41) is 15.9. The molecule has 2 aromatic rings. The molecule has 2 N–H and O–H groups in total. The number of nitrogens with one attached hydrogen (secondary N) is 2. The van der Waals surface area contributed by atoms with Gasteiger partial charge in [0.25, 0.3) is 0 Å². The van der Waals surface area contributed by atoms with Crippen LogP contribution in [0, 0.1) is 0 Å². The molecule has 0 radical (unpaired) electrons. The van der Waals surface area contributed by atoms with Crippen molar-refractivity contribution in [1.29, 1.82) is 0 Å². The van der Waals surface area contributed by atoms with Crippen LogP contribution in [-0.2, 0) is 19.4 Å². The van der Waals surface area contributed by atoms with E-state index < -0.39 is 0 Å². The zero-order chi connectivity index (χ0) is 21.0. The summed E-state index contributed by atoms with van der Waals surface area (Å²) < 4.78 is 8.48. The Hall–Kier alpha value is -1.84. The van der Waals surface area contributed by atoms with E-state index in [0.717, 1.165) is 62.1 Å². The van der Waals surface area contributed by atoms with Crippen molar-refractivity contribution in [2.45, 2.75) is 77.0 Å². The van der Waals surface area contributed by atoms with E-state index in [2.05, 4.69) is 56.4 Å². The highest BCUT2D eigenvalue weighted by Crippen LogP contribution is 2.39. The Morgan fingerprint density at radius 3 is 2.90 bits per heavy atom. The second kappa shape index (κ2) is 10.7. The molecular weight excluding hydrogens is 503 g/mol. The highest BCUT2D eigenvalue weighted by Gasteiger charge is 2.33. The predicted molar refractivity (Wildman–Crippen MR) is 134 cm³/mol. The largest absolute Gasteiger partial charge is 0.487 e. The number of aromatic nitrogens is 3. The molecule has 3 heterocycles. The van der Waals surface area contributed by atoms with Crippen molar-refractivity contribution < 1.29 is 4.74 Å². The monoisotopic (exact) mass is 538 g/mol. The van der Waals surface area contributed by atoms with Gasteiger partial charge in [-0.2, -0.15) is 0 Å². The number of hydrogen-bond donors (Lipinski definition) is 2. The normalized spacial score (nSPS) is 19.8. The molecule has 170 valence electrons. The predicted octanol–water partition coefficient (Wildman–Crippen LogP) is 4.02. The zero-order valence-corrected chi connectivity index (χ0v) is 21.2. The third-order valence-electron chi connectivity index (χ3n) is 5.97. The Bertz CT molecular complexity index is 894. The van der Waals surface area contributed by atoms with E-state index in [1.54, 1.807) is 0 Å². The van der Waals surface area contributed by atoms with Crippen molar-refractivity contribution in [1.82, 2.24) is 25.4 Å². The highest BCUT2D eigenvalue weighted by atomic mass is 127. The van der Waals surface area contributed by atoms with Crippen LogP contribution >= 0.6 is 24.0 Å². The van der Waals surface area contributed by atoms with Crippen LogP contribution in [0.3, 0.4) is 0 Å². The van der Waals surface area contributed by atoms with Crippen LogP contribution in [-0.4, -0.2) is 39.9 Å². The van der Waals surface area contributed by atoms with Crippen LogP contribution in [0.2, 0.25) is 0 Å². The van der Waals surface area contributed by atoms with Crippen molar-refractivity contribution in [3.63, 3.8) is 0 Å². The third-order valence-corrected chi connectivity index (χ3v) is 5.97. The SMILES string of the molecule is CN=C(NCCCc1nnc2n1CCCCC2)NC1CC(C)(C)Oc2ccccc21.I. The van der Waals surface area contributed by atoms with Gasteiger partial charge in [0.1, 0.15) is 23.0 Å². The van der Waals surface area contributed by atoms with Gasteiger partial charge in [0.2, 0.25) is 0 Å². The van der Waals surface area contributed by atoms with E-state index in [1.807, 2.05) is 19.2 Å². The minimum atomic E-state index is -0.212. The maximum atomic E-state index is 6.14. The topological polar surface area (TPSA) is 76.4 Å². The fourth-order valence-electron chi connectivity index (χ4n) is 4.47. The molecular formula is C23H35IN6O. The number of para-hydroxylation sites is 1. The van der Waals surface area contributed by atoms with Gasteiger partial charge in [0.15, 0.2) is 5.96 Å². The first-order valence-electron chi connectivity index (χ1n) is 11.2. The number of guanidine groups is 1. The summed E-state index contributed by atoms with van der Waals surface area (Å²) in [7, 11) is 1.82. The number of hydrogen-bond acceptors (Lipinski definition) is 4. The van der Waals surface area contributed by atoms with Gasteiger partial charge < -0.3 is 19.9 Å². The zero-order valence-electron chi connectivity index (χ0n) is 18.9. The molecule has 1 aromatic heterocycles. The lowest BCUT2D eigenvalue weighted by Gasteiger charge is -2.38. The average Bonchev–Trinajstić information content (AvgIpc) is 2.95. The molecule has 0 spiro atoms. The minimum absolute atomic E-state index is 0. The molecule has 0 fully saturated rings. The lowest BCUT2D eigenvalue weighted by Crippen LogP contribution is -2.45. The van der Waals surface area contributed by atoms with Crippen LogP contribution < -0.4 is 15.4 Å². The summed E-state index contributed by atoms with van der Waals surface area (Å²) in [6, 6.07) is 8.43. The molecule has 0 saturated heterocycles. The smallest absolute Gasteiger partial charge is 0.191 e. The number of rotatable bonds is 5. The quantitative estimate of drug-likeness (QED) is 0.260. The average molecular weight is 538 g/mol. The maximum absolute atomic E-state index is 6.14. The molecule has 1 unspecified atom stereocenters. The molecule has 2 aliphatic rings. The molecule has 2 aliphatic heterocycles. The molecule has 7 nitrogen and oxygen atoms in total. The van der Waals surface area contributed by atoms with Gasteiger partial charge in [-0.1, -0.05) is 24.6 Å². The van der Waals surface area contributed by atoms with Gasteiger partial charge in [0.05, 0.1) is 6.04 Å². The summed E-state index contributed by atoms with van der Waals surface area (Å²) in [5.41, 5.74) is 0.974. The Kier molecular flexibility index (Phi) is 8.18. The molecule has 8 heteroatoms. The van der Waals surface area contributed by atoms with Crippen molar-refractivity contribution in [3.05, 3.63) is 41.5 Å². The summed E-state index contributed by atoms with van der Waals surface area (Å²) in [6.07, 6.45) is 7.63. The molecule has 31 heavy (non-hydrogen) atoms. The Labute approximate surface area is 202 Å². The van der Waals surface area contributed by atoms with E-state index >= 15 is 0 Å². The van der Waals surface area contributed by atoms with E-state index in [9.17, 15) is 0 Å². The van der Waals surface area contributed by atoms with Crippen LogP contribution in [0.4, 0.5) is 0 Å². The van der Waals surface area contributed by atoms with Crippen molar-refractivity contribution in [3.8, 4) is 5.75 Å². The van der Waals surface area contributed by atoms with Crippen molar-refractivity contribution in [2.24, 2.45) is 4.99 Å². The number of aliphatic imine (C=N–C) groups is 1. The first kappa shape index (κ1) is 23.8. The highest BCUT2D eigenvalue weighted by molar-refractivity contribution is 14.0. The Morgan fingerprint density at radius 1 is 1.23 bits per heavy atom. The molecule has 0 bridgehead atoms. The van der Waals surface area contributed by atoms with Crippen LogP contribution in [0.25, 0.3) is 0 Å². The second-order valence-corrected chi connectivity index (χ2v) is 8.90. The van der Waals surface area contributed by atoms with E-state index in [4.69, 9.17) is 4.74 Å². The van der Waals surface area contributed by atoms with Gasteiger partial charge in [-0.15, -0.1) is 34.2 Å². The van der Waals surface area contributed by atoms with E-state index in [0.29, 0.717) is 0 Å². The molecule has 0 saturated carbocycles. The minimum Gasteiger partial charge on any atom is -0.487 e. The fraction of sp³-hybridized carbons (Fsp3) is 0.609. The third kappa shape index (κ3) is 5.90. The van der Waals surface area contributed by atoms with Gasteiger partial charge in [-0.05, 0) is 39.2 Å². The Balaban J connectivity index is 0.00000272. The molecule has 4 rings (SSSR count). The van der Waals surface area contributed by atoms with E-state index in [-0.39, 0.29) is 35.6 Å². The van der Waals surface area contributed by atoms with Gasteiger partial charge in [0, 0.05) is 45.0 Å². The first-order chi connectivity index (χ1) is 14.6. The fourth-order valence-corrected chi connectivity index (χ4v) is 4.47. The number of halogens is 1. The number of nitrogens with zero attached hydrogens (tertiary/aromatic N) is 4. The maximum Gasteiger partial charge on any atom is 0.191 e. The van der Waals surface area contributed by atoms with Gasteiger partial charge in [-0.25, -0.2) is 0 Å². The van der Waals surface area contributed by atoms with Crippen LogP contribution in [0.5, 0.6) is 5.75 Å². The summed E-state index contributed by atoms with van der Waals surface area (Å²) in [4.78, 5) is 4.44. The lowest BCUT2D eigenvalue weighted by atomic mass is 9.90. The van der Waals surface area contributed by atoms with E-state index in [1.165, 1.54) is 24.8 Å². The summed E-state index contributed by atoms with van der Waals surface area (Å²) in [6.45, 7) is 6.17. The van der Waals surface area contributed by atoms with Gasteiger partial charge in [-0.3, -0.25) is 4.99 Å². The van der Waals surface area contributed by atoms with Crippen LogP contribution in [0.1, 0.15) is 69.2 Å². The lowest BCUT2D eigenvalue weighted by molar-refractivity contribution is 0.0694. The molecule has 0 amide bonds. The second-order valence-electron chi connectivity index (χ2n) is 8.90. The van der Waals surface area contributed by atoms with Gasteiger partial charge >= 0.3 is 0 Å². The number of ether oxygens (including phenoxy) is 1. The molecule has 1 aromatic carbocycles. The molecule has 0 aliphatic carbocycles. The summed E-state index contributed by atoms with van der Waals surface area (Å²) >= 11 is 0. The first-order valence-corrected chi connectivity index (χ1v) is 11.2. The molecule has 1 atom stereocenters. The summed E-state index contributed by atoms with van der Waals surface area (Å²) in [5.74, 6) is 4.06. The number of benzene rings is 1. The number of fused-ring (bicyclic) bond motifs is 2. The van der Waals surface area contributed by atoms with Crippen molar-refractivity contribution >= 4 is 29.9 Å². The van der Waals surface area contributed by atoms with Crippen LogP contribution in [0.15, 0.2) is 29.3 Å². The number of aryl methyl sites for hydroxylation is 2. The Morgan fingerprint density at radius 2 is 2.06 bits per heavy atom.